The lowest BCUT2D eigenvalue weighted by Gasteiger charge is -2.39. The van der Waals surface area contributed by atoms with E-state index in [4.69, 9.17) is 0 Å². The summed E-state index contributed by atoms with van der Waals surface area (Å²) >= 11 is 0. The molecule has 0 bridgehead atoms. The summed E-state index contributed by atoms with van der Waals surface area (Å²) in [6.07, 6.45) is 3.28. The lowest BCUT2D eigenvalue weighted by atomic mass is 9.87. The molecule has 5 nitrogen and oxygen atoms in total. The summed E-state index contributed by atoms with van der Waals surface area (Å²) < 4.78 is 0. The van der Waals surface area contributed by atoms with E-state index < -0.39 is 0 Å². The van der Waals surface area contributed by atoms with Crippen LogP contribution >= 0.6 is 0 Å². The van der Waals surface area contributed by atoms with Crippen LogP contribution in [0, 0.1) is 5.41 Å². The van der Waals surface area contributed by atoms with Gasteiger partial charge in [0.15, 0.2) is 0 Å². The van der Waals surface area contributed by atoms with Gasteiger partial charge in [-0.2, -0.15) is 0 Å². The van der Waals surface area contributed by atoms with Crippen molar-refractivity contribution in [1.29, 1.82) is 0 Å². The van der Waals surface area contributed by atoms with Gasteiger partial charge in [0.25, 0.3) is 0 Å². The highest BCUT2D eigenvalue weighted by molar-refractivity contribution is 5.29. The number of anilines is 1. The fraction of sp³-hybridized carbons (Fsp3) is 0.714. The Labute approximate surface area is 115 Å². The van der Waals surface area contributed by atoms with Crippen molar-refractivity contribution in [3.63, 3.8) is 0 Å². The first-order valence-electron chi connectivity index (χ1n) is 6.91. The summed E-state index contributed by atoms with van der Waals surface area (Å²) in [5, 5.41) is 9.78. The Morgan fingerprint density at radius 2 is 1.79 bits per heavy atom. The monoisotopic (exact) mass is 264 g/mol. The molecule has 1 aromatic heterocycles. The zero-order valence-electron chi connectivity index (χ0n) is 12.1. The maximum Gasteiger partial charge on any atom is 0.225 e. The van der Waals surface area contributed by atoms with Crippen molar-refractivity contribution in [2.45, 2.75) is 26.9 Å². The summed E-state index contributed by atoms with van der Waals surface area (Å²) in [7, 11) is 0. The number of hydrogen-bond acceptors (Lipinski definition) is 5. The standard InChI is InChI=1S/C14H24N4O/c1-12(19)14(2,3)11-17-7-9-18(10-8-17)13-15-5-4-6-16-13/h4-6,12,19H,7-11H2,1-3H3. The van der Waals surface area contributed by atoms with Crippen LogP contribution in [-0.2, 0) is 0 Å². The van der Waals surface area contributed by atoms with E-state index in [1.165, 1.54) is 0 Å². The molecule has 106 valence electrons. The van der Waals surface area contributed by atoms with E-state index in [1.54, 1.807) is 12.4 Å². The van der Waals surface area contributed by atoms with Crippen LogP contribution in [0.1, 0.15) is 20.8 Å². The molecule has 2 rings (SSSR count). The van der Waals surface area contributed by atoms with E-state index in [1.807, 2.05) is 13.0 Å². The second-order valence-electron chi connectivity index (χ2n) is 5.98. The molecule has 1 N–H and O–H groups in total. The van der Waals surface area contributed by atoms with Crippen LogP contribution in [0.25, 0.3) is 0 Å². The second kappa shape index (κ2) is 5.84. The Kier molecular flexibility index (Phi) is 4.37. The molecule has 1 saturated heterocycles. The molecule has 5 heteroatoms. The van der Waals surface area contributed by atoms with Crippen LogP contribution in [0.2, 0.25) is 0 Å². The van der Waals surface area contributed by atoms with E-state index >= 15 is 0 Å². The summed E-state index contributed by atoms with van der Waals surface area (Å²) in [6.45, 7) is 10.9. The fourth-order valence-electron chi connectivity index (χ4n) is 2.27. The van der Waals surface area contributed by atoms with Crippen molar-refractivity contribution in [3.05, 3.63) is 18.5 Å². The fourth-order valence-corrected chi connectivity index (χ4v) is 2.27. The van der Waals surface area contributed by atoms with Gasteiger partial charge in [0, 0.05) is 50.5 Å². The molecule has 0 saturated carbocycles. The first-order valence-corrected chi connectivity index (χ1v) is 6.91. The third-order valence-electron chi connectivity index (χ3n) is 3.97. The summed E-state index contributed by atoms with van der Waals surface area (Å²) in [4.78, 5) is 13.2. The molecule has 1 aromatic rings. The van der Waals surface area contributed by atoms with Crippen molar-refractivity contribution >= 4 is 5.95 Å². The highest BCUT2D eigenvalue weighted by Crippen LogP contribution is 2.23. The molecule has 0 spiro atoms. The second-order valence-corrected chi connectivity index (χ2v) is 5.98. The van der Waals surface area contributed by atoms with Gasteiger partial charge in [-0.05, 0) is 13.0 Å². The zero-order chi connectivity index (χ0) is 13.9. The molecule has 1 atom stereocenters. The summed E-state index contributed by atoms with van der Waals surface area (Å²) in [6, 6.07) is 1.84. The Balaban J connectivity index is 1.86. The molecule has 0 aromatic carbocycles. The quantitative estimate of drug-likeness (QED) is 0.879. The number of hydrogen-bond donors (Lipinski definition) is 1. The molecule has 1 aliphatic rings. The van der Waals surface area contributed by atoms with E-state index in [9.17, 15) is 5.11 Å². The minimum absolute atomic E-state index is 0.0641. The van der Waals surface area contributed by atoms with Gasteiger partial charge in [-0.15, -0.1) is 0 Å². The first-order chi connectivity index (χ1) is 8.99. The molecule has 1 fully saturated rings. The van der Waals surface area contributed by atoms with Crippen LogP contribution in [0.3, 0.4) is 0 Å². The Bertz CT molecular complexity index is 386. The van der Waals surface area contributed by atoms with Crippen LogP contribution in [0.15, 0.2) is 18.5 Å². The maximum atomic E-state index is 9.78. The molecule has 0 radical (unpaired) electrons. The molecular weight excluding hydrogens is 240 g/mol. The molecular formula is C14H24N4O. The summed E-state index contributed by atoms with van der Waals surface area (Å²) in [5.74, 6) is 0.817. The zero-order valence-corrected chi connectivity index (χ0v) is 12.1. The minimum Gasteiger partial charge on any atom is -0.393 e. The molecule has 19 heavy (non-hydrogen) atoms. The number of aliphatic hydroxyl groups excluding tert-OH is 1. The third-order valence-corrected chi connectivity index (χ3v) is 3.97. The maximum absolute atomic E-state index is 9.78. The van der Waals surface area contributed by atoms with Crippen LogP contribution < -0.4 is 4.90 Å². The topological polar surface area (TPSA) is 52.5 Å². The van der Waals surface area contributed by atoms with Crippen LogP contribution in [0.4, 0.5) is 5.95 Å². The van der Waals surface area contributed by atoms with Crippen LogP contribution in [-0.4, -0.2) is 58.8 Å². The van der Waals surface area contributed by atoms with Gasteiger partial charge in [0.2, 0.25) is 5.95 Å². The van der Waals surface area contributed by atoms with Gasteiger partial charge in [-0.25, -0.2) is 9.97 Å². The van der Waals surface area contributed by atoms with Gasteiger partial charge >= 0.3 is 0 Å². The van der Waals surface area contributed by atoms with E-state index in [-0.39, 0.29) is 11.5 Å². The van der Waals surface area contributed by atoms with Crippen LogP contribution in [0.5, 0.6) is 0 Å². The summed E-state index contributed by atoms with van der Waals surface area (Å²) in [5.41, 5.74) is -0.0641. The largest absolute Gasteiger partial charge is 0.393 e. The molecule has 2 heterocycles. The number of nitrogens with zero attached hydrogens (tertiary/aromatic N) is 4. The SMILES string of the molecule is CC(O)C(C)(C)CN1CCN(c2ncccn2)CC1. The van der Waals surface area contributed by atoms with Crippen molar-refractivity contribution in [2.24, 2.45) is 5.41 Å². The molecule has 1 unspecified atom stereocenters. The predicted octanol–water partition coefficient (Wildman–Crippen LogP) is 1.01. The Morgan fingerprint density at radius 3 is 2.32 bits per heavy atom. The van der Waals surface area contributed by atoms with Gasteiger partial charge < -0.3 is 10.0 Å². The highest BCUT2D eigenvalue weighted by atomic mass is 16.3. The first kappa shape index (κ1) is 14.2. The number of aliphatic hydroxyl groups is 1. The van der Waals surface area contributed by atoms with Gasteiger partial charge in [0.1, 0.15) is 0 Å². The molecule has 0 aliphatic carbocycles. The Morgan fingerprint density at radius 1 is 1.21 bits per heavy atom. The van der Waals surface area contributed by atoms with Crippen molar-refractivity contribution < 1.29 is 5.11 Å². The van der Waals surface area contributed by atoms with Gasteiger partial charge in [-0.3, -0.25) is 4.90 Å². The van der Waals surface area contributed by atoms with E-state index in [2.05, 4.69) is 33.6 Å². The van der Waals surface area contributed by atoms with Crippen molar-refractivity contribution in [2.75, 3.05) is 37.6 Å². The molecule has 1 aliphatic heterocycles. The smallest absolute Gasteiger partial charge is 0.225 e. The average molecular weight is 264 g/mol. The lowest BCUT2D eigenvalue weighted by molar-refractivity contribution is 0.0330. The molecule has 0 amide bonds. The Hall–Kier alpha value is -1.20. The highest BCUT2D eigenvalue weighted by Gasteiger charge is 2.29. The predicted molar refractivity (Wildman–Crippen MR) is 76.1 cm³/mol. The number of aromatic nitrogens is 2. The average Bonchev–Trinajstić information content (AvgIpc) is 2.40. The van der Waals surface area contributed by atoms with Gasteiger partial charge in [-0.1, -0.05) is 13.8 Å². The number of rotatable bonds is 4. The normalized spacial score (nSPS) is 19.5. The van der Waals surface area contributed by atoms with Crippen molar-refractivity contribution in [3.8, 4) is 0 Å². The van der Waals surface area contributed by atoms with Crippen molar-refractivity contribution in [1.82, 2.24) is 14.9 Å². The lowest BCUT2D eigenvalue weighted by Crippen LogP contribution is -2.51. The number of piperazine rings is 1. The van der Waals surface area contributed by atoms with E-state index in [0.717, 1.165) is 38.7 Å². The van der Waals surface area contributed by atoms with E-state index in [0.29, 0.717) is 0 Å². The minimum atomic E-state index is -0.289. The third kappa shape index (κ3) is 3.64. The van der Waals surface area contributed by atoms with Gasteiger partial charge in [0.05, 0.1) is 6.10 Å².